The van der Waals surface area contributed by atoms with E-state index in [2.05, 4.69) is 10.9 Å². The van der Waals surface area contributed by atoms with E-state index in [0.29, 0.717) is 25.3 Å². The van der Waals surface area contributed by atoms with Crippen LogP contribution >= 0.6 is 0 Å². The topological polar surface area (TPSA) is 110 Å². The Bertz CT molecular complexity index is 317. The lowest BCUT2D eigenvalue weighted by molar-refractivity contribution is -0.129. The zero-order valence-electron chi connectivity index (χ0n) is 12.9. The van der Waals surface area contributed by atoms with Crippen molar-refractivity contribution in [2.24, 2.45) is 17.4 Å². The fourth-order valence-electron chi connectivity index (χ4n) is 2.78. The molecule has 0 aliphatic heterocycles. The van der Waals surface area contributed by atoms with Crippen molar-refractivity contribution in [2.45, 2.75) is 70.3 Å². The molecule has 6 heteroatoms. The van der Waals surface area contributed by atoms with Crippen LogP contribution < -0.4 is 22.3 Å². The van der Waals surface area contributed by atoms with E-state index in [-0.39, 0.29) is 11.8 Å². The molecule has 1 rings (SSSR count). The molecule has 2 amide bonds. The molecule has 0 unspecified atom stereocenters. The maximum absolute atomic E-state index is 11.8. The molecule has 6 N–H and O–H groups in total. The van der Waals surface area contributed by atoms with E-state index in [1.807, 2.05) is 0 Å². The number of unbranched alkanes of at least 4 members (excludes halogenated alkanes) is 2. The number of rotatable bonds is 8. The van der Waals surface area contributed by atoms with Gasteiger partial charge < -0.3 is 11.5 Å². The zero-order chi connectivity index (χ0) is 15.5. The summed E-state index contributed by atoms with van der Waals surface area (Å²) in [6, 6.07) is -0.536. The Kier molecular flexibility index (Phi) is 9.01. The van der Waals surface area contributed by atoms with Crippen molar-refractivity contribution in [2.75, 3.05) is 6.54 Å². The first-order valence-electron chi connectivity index (χ1n) is 8.18. The second-order valence-corrected chi connectivity index (χ2v) is 5.98. The highest BCUT2D eigenvalue weighted by Crippen LogP contribution is 2.26. The van der Waals surface area contributed by atoms with Gasteiger partial charge in [0.05, 0.1) is 6.04 Å². The molecule has 122 valence electrons. The van der Waals surface area contributed by atoms with Crippen LogP contribution in [-0.4, -0.2) is 24.4 Å². The van der Waals surface area contributed by atoms with Gasteiger partial charge in [-0.1, -0.05) is 38.5 Å². The molecule has 1 fully saturated rings. The Morgan fingerprint density at radius 2 is 1.76 bits per heavy atom. The summed E-state index contributed by atoms with van der Waals surface area (Å²) in [7, 11) is 0. The van der Waals surface area contributed by atoms with E-state index >= 15 is 0 Å². The Morgan fingerprint density at radius 3 is 2.43 bits per heavy atom. The van der Waals surface area contributed by atoms with Crippen LogP contribution in [0.2, 0.25) is 0 Å². The van der Waals surface area contributed by atoms with Gasteiger partial charge in [0.25, 0.3) is 5.91 Å². The summed E-state index contributed by atoms with van der Waals surface area (Å²) in [5.74, 6) is 0.0765. The van der Waals surface area contributed by atoms with Crippen molar-refractivity contribution in [3.05, 3.63) is 0 Å². The molecule has 0 aromatic rings. The number of carbonyl (C=O) groups excluding carboxylic acids is 2. The fourth-order valence-corrected chi connectivity index (χ4v) is 2.78. The van der Waals surface area contributed by atoms with E-state index in [4.69, 9.17) is 11.5 Å². The van der Waals surface area contributed by atoms with Crippen LogP contribution in [0, 0.1) is 5.92 Å². The minimum absolute atomic E-state index is 0.176. The monoisotopic (exact) mass is 298 g/mol. The average molecular weight is 298 g/mol. The SMILES string of the molecule is NCCCCCC(=O)NNC(=O)[C@H](N)CC1CCCCC1. The van der Waals surface area contributed by atoms with Crippen molar-refractivity contribution in [3.63, 3.8) is 0 Å². The van der Waals surface area contributed by atoms with E-state index in [1.165, 1.54) is 19.3 Å². The number of hydrazine groups is 1. The Labute approximate surface area is 127 Å². The van der Waals surface area contributed by atoms with E-state index in [9.17, 15) is 9.59 Å². The summed E-state index contributed by atoms with van der Waals surface area (Å²) in [6.45, 7) is 0.647. The maximum Gasteiger partial charge on any atom is 0.255 e. The van der Waals surface area contributed by atoms with Crippen molar-refractivity contribution >= 4 is 11.8 Å². The van der Waals surface area contributed by atoms with Gasteiger partial charge in [0.1, 0.15) is 0 Å². The van der Waals surface area contributed by atoms with E-state index < -0.39 is 6.04 Å². The molecule has 1 aliphatic rings. The standard InChI is InChI=1S/C15H30N4O2/c16-10-6-2-5-9-14(20)18-19-15(21)13(17)11-12-7-3-1-4-8-12/h12-13H,1-11,16-17H2,(H,18,20)(H,19,21)/t13-/m1/s1. The molecule has 21 heavy (non-hydrogen) atoms. The summed E-state index contributed by atoms with van der Waals surface area (Å²) < 4.78 is 0. The molecular formula is C15H30N4O2. The lowest BCUT2D eigenvalue weighted by Crippen LogP contribution is -2.49. The molecule has 0 radical (unpaired) electrons. The van der Waals surface area contributed by atoms with Gasteiger partial charge in [-0.15, -0.1) is 0 Å². The van der Waals surface area contributed by atoms with Gasteiger partial charge >= 0.3 is 0 Å². The van der Waals surface area contributed by atoms with E-state index in [0.717, 1.165) is 32.1 Å². The van der Waals surface area contributed by atoms with Crippen molar-refractivity contribution in [1.82, 2.24) is 10.9 Å². The Hall–Kier alpha value is -1.14. The number of nitrogens with two attached hydrogens (primary N) is 2. The predicted molar refractivity (Wildman–Crippen MR) is 83.0 cm³/mol. The number of hydrogen-bond acceptors (Lipinski definition) is 4. The van der Waals surface area contributed by atoms with Crippen molar-refractivity contribution in [1.29, 1.82) is 0 Å². The molecule has 1 atom stereocenters. The highest BCUT2D eigenvalue weighted by Gasteiger charge is 2.21. The number of amides is 2. The van der Waals surface area contributed by atoms with Gasteiger partial charge in [-0.2, -0.15) is 0 Å². The first-order valence-corrected chi connectivity index (χ1v) is 8.18. The van der Waals surface area contributed by atoms with Crippen LogP contribution in [0.1, 0.15) is 64.2 Å². The highest BCUT2D eigenvalue weighted by molar-refractivity contribution is 5.85. The minimum Gasteiger partial charge on any atom is -0.330 e. The molecular weight excluding hydrogens is 268 g/mol. The Balaban J connectivity index is 2.12. The molecule has 1 aliphatic carbocycles. The normalized spacial score (nSPS) is 17.2. The van der Waals surface area contributed by atoms with Crippen molar-refractivity contribution in [3.8, 4) is 0 Å². The molecule has 1 saturated carbocycles. The maximum atomic E-state index is 11.8. The van der Waals surface area contributed by atoms with E-state index in [1.54, 1.807) is 0 Å². The minimum atomic E-state index is -0.536. The first-order chi connectivity index (χ1) is 10.1. The first kappa shape index (κ1) is 17.9. The number of nitrogens with one attached hydrogen (secondary N) is 2. The molecule has 0 bridgehead atoms. The van der Waals surface area contributed by atoms with Crippen LogP contribution in [-0.2, 0) is 9.59 Å². The second kappa shape index (κ2) is 10.6. The molecule has 0 heterocycles. The van der Waals surface area contributed by atoms with Gasteiger partial charge in [0, 0.05) is 6.42 Å². The lowest BCUT2D eigenvalue weighted by atomic mass is 9.85. The van der Waals surface area contributed by atoms with Crippen LogP contribution in [0.3, 0.4) is 0 Å². The third-order valence-corrected chi connectivity index (χ3v) is 4.08. The van der Waals surface area contributed by atoms with Crippen molar-refractivity contribution < 1.29 is 9.59 Å². The highest BCUT2D eigenvalue weighted by atomic mass is 16.2. The third kappa shape index (κ3) is 8.02. The van der Waals surface area contributed by atoms with Crippen LogP contribution in [0.25, 0.3) is 0 Å². The van der Waals surface area contributed by atoms with Gasteiger partial charge in [-0.25, -0.2) is 0 Å². The van der Waals surface area contributed by atoms with Crippen LogP contribution in [0.4, 0.5) is 0 Å². The summed E-state index contributed by atoms with van der Waals surface area (Å²) >= 11 is 0. The lowest BCUT2D eigenvalue weighted by Gasteiger charge is -2.24. The zero-order valence-corrected chi connectivity index (χ0v) is 12.9. The van der Waals surface area contributed by atoms with Gasteiger partial charge in [-0.05, 0) is 31.7 Å². The predicted octanol–water partition coefficient (Wildman–Crippen LogP) is 0.951. The summed E-state index contributed by atoms with van der Waals surface area (Å²) in [6.07, 6.45) is 9.83. The van der Waals surface area contributed by atoms with Gasteiger partial charge in [-0.3, -0.25) is 20.4 Å². The fraction of sp³-hybridized carbons (Fsp3) is 0.867. The number of hydrogen-bond donors (Lipinski definition) is 4. The summed E-state index contributed by atoms with van der Waals surface area (Å²) in [5, 5.41) is 0. The molecule has 0 saturated heterocycles. The van der Waals surface area contributed by atoms with Crippen LogP contribution in [0.15, 0.2) is 0 Å². The van der Waals surface area contributed by atoms with Gasteiger partial charge in [0.2, 0.25) is 5.91 Å². The summed E-state index contributed by atoms with van der Waals surface area (Å²) in [5.41, 5.74) is 16.1. The van der Waals surface area contributed by atoms with Gasteiger partial charge in [0.15, 0.2) is 0 Å². The third-order valence-electron chi connectivity index (χ3n) is 4.08. The quantitative estimate of drug-likeness (QED) is 0.395. The summed E-state index contributed by atoms with van der Waals surface area (Å²) in [4.78, 5) is 23.4. The van der Waals surface area contributed by atoms with Crippen LogP contribution in [0.5, 0.6) is 0 Å². The smallest absolute Gasteiger partial charge is 0.255 e. The number of carbonyl (C=O) groups is 2. The molecule has 0 spiro atoms. The molecule has 0 aromatic carbocycles. The molecule has 6 nitrogen and oxygen atoms in total. The molecule has 0 aromatic heterocycles. The Morgan fingerprint density at radius 1 is 1.05 bits per heavy atom. The second-order valence-electron chi connectivity index (χ2n) is 5.98. The average Bonchev–Trinajstić information content (AvgIpc) is 2.50. The largest absolute Gasteiger partial charge is 0.330 e.